The normalized spacial score (nSPS) is 15.6. The number of nitrogens with zero attached hydrogens (tertiary/aromatic N) is 2. The van der Waals surface area contributed by atoms with E-state index in [2.05, 4.69) is 27.4 Å². The van der Waals surface area contributed by atoms with Crippen LogP contribution < -0.4 is 20.1 Å². The average molecular weight is 504 g/mol. The monoisotopic (exact) mass is 504 g/mol. The molecule has 0 saturated carbocycles. The van der Waals surface area contributed by atoms with Crippen LogP contribution in [0.5, 0.6) is 11.5 Å². The van der Waals surface area contributed by atoms with Crippen LogP contribution in [0.2, 0.25) is 0 Å². The van der Waals surface area contributed by atoms with E-state index < -0.39 is 0 Å². The fourth-order valence-electron chi connectivity index (χ4n) is 3.29. The summed E-state index contributed by atoms with van der Waals surface area (Å²) >= 11 is 0. The Bertz CT molecular complexity index is 590. The van der Waals surface area contributed by atoms with Crippen LogP contribution in [0.3, 0.4) is 0 Å². The fourth-order valence-corrected chi connectivity index (χ4v) is 3.29. The van der Waals surface area contributed by atoms with Gasteiger partial charge in [0.25, 0.3) is 0 Å². The highest BCUT2D eigenvalue weighted by Gasteiger charge is 2.14. The maximum Gasteiger partial charge on any atom is 0.195 e. The summed E-state index contributed by atoms with van der Waals surface area (Å²) in [4.78, 5) is 6.91. The van der Waals surface area contributed by atoms with Gasteiger partial charge in [-0.05, 0) is 70.3 Å². The summed E-state index contributed by atoms with van der Waals surface area (Å²) in [6.45, 7) is 9.57. The number of aliphatic imine (C=N–C) groups is 1. The average Bonchev–Trinajstić information content (AvgIpc) is 2.68. The lowest BCUT2D eigenvalue weighted by atomic mass is 9.99. The van der Waals surface area contributed by atoms with Crippen LogP contribution in [-0.2, 0) is 0 Å². The van der Waals surface area contributed by atoms with Gasteiger partial charge in [0.1, 0.15) is 0 Å². The van der Waals surface area contributed by atoms with Crippen LogP contribution >= 0.6 is 24.0 Å². The summed E-state index contributed by atoms with van der Waals surface area (Å²) in [7, 11) is 3.44. The lowest BCUT2D eigenvalue weighted by molar-refractivity contribution is 0.189. The second-order valence-electron chi connectivity index (χ2n) is 7.15. The minimum atomic E-state index is 0. The van der Waals surface area contributed by atoms with Crippen LogP contribution in [0, 0.1) is 5.92 Å². The largest absolute Gasteiger partial charge is 0.493 e. The molecule has 2 rings (SSSR count). The van der Waals surface area contributed by atoms with E-state index in [-0.39, 0.29) is 24.0 Å². The summed E-state index contributed by atoms with van der Waals surface area (Å²) in [5.74, 6) is 3.14. The molecule has 1 heterocycles. The molecule has 0 unspecified atom stereocenters. The van der Waals surface area contributed by atoms with Crippen LogP contribution in [0.1, 0.15) is 39.5 Å². The zero-order chi connectivity index (χ0) is 19.5. The highest BCUT2D eigenvalue weighted by atomic mass is 127. The molecule has 0 radical (unpaired) electrons. The molecule has 1 aliphatic heterocycles. The number of methoxy groups -OCH3 is 1. The second-order valence-corrected chi connectivity index (χ2v) is 7.15. The van der Waals surface area contributed by atoms with E-state index in [1.54, 1.807) is 14.2 Å². The topological polar surface area (TPSA) is 58.1 Å². The van der Waals surface area contributed by atoms with E-state index in [4.69, 9.17) is 9.47 Å². The molecule has 7 heteroatoms. The lowest BCUT2D eigenvalue weighted by Gasteiger charge is -2.30. The summed E-state index contributed by atoms with van der Waals surface area (Å²) in [5, 5.41) is 6.71. The van der Waals surface area contributed by atoms with E-state index in [9.17, 15) is 0 Å². The summed E-state index contributed by atoms with van der Waals surface area (Å²) in [6, 6.07) is 5.80. The molecule has 0 atom stereocenters. The molecule has 0 amide bonds. The van der Waals surface area contributed by atoms with Crippen LogP contribution in [0.25, 0.3) is 0 Å². The number of benzene rings is 1. The van der Waals surface area contributed by atoms with Crippen molar-refractivity contribution in [1.29, 1.82) is 0 Å². The first-order valence-electron chi connectivity index (χ1n) is 10.2. The Kier molecular flexibility index (Phi) is 12.3. The number of likely N-dealkylation sites (tertiary alicyclic amines) is 1. The van der Waals surface area contributed by atoms with Gasteiger partial charge in [0.05, 0.1) is 13.7 Å². The molecule has 160 valence electrons. The molecule has 1 fully saturated rings. The summed E-state index contributed by atoms with van der Waals surface area (Å²) in [6.07, 6.45) is 5.05. The van der Waals surface area contributed by atoms with Gasteiger partial charge >= 0.3 is 0 Å². The first-order chi connectivity index (χ1) is 13.2. The van der Waals surface area contributed by atoms with E-state index in [0.717, 1.165) is 42.0 Å². The Morgan fingerprint density at radius 2 is 1.96 bits per heavy atom. The summed E-state index contributed by atoms with van der Waals surface area (Å²) in [5.41, 5.74) is 0.926. The van der Waals surface area contributed by atoms with Crippen molar-refractivity contribution in [2.24, 2.45) is 10.9 Å². The number of halogens is 1. The van der Waals surface area contributed by atoms with Gasteiger partial charge in [-0.15, -0.1) is 24.0 Å². The highest BCUT2D eigenvalue weighted by molar-refractivity contribution is 14.0. The molecule has 0 aromatic heterocycles. The third-order valence-electron chi connectivity index (χ3n) is 5.02. The SMILES string of the molecule is CCOc1cc(NC(=NC)NCCCCN2CCC(C)CC2)ccc1OC.I. The van der Waals surface area contributed by atoms with Crippen molar-refractivity contribution in [3.8, 4) is 11.5 Å². The number of piperidine rings is 1. The smallest absolute Gasteiger partial charge is 0.195 e. The fraction of sp³-hybridized carbons (Fsp3) is 0.667. The molecule has 0 spiro atoms. The van der Waals surface area contributed by atoms with Crippen LogP contribution in [0.4, 0.5) is 5.69 Å². The van der Waals surface area contributed by atoms with Gasteiger partial charge in [0, 0.05) is 25.3 Å². The quantitative estimate of drug-likeness (QED) is 0.229. The van der Waals surface area contributed by atoms with Gasteiger partial charge in [-0.25, -0.2) is 0 Å². The molecular formula is C21H37IN4O2. The number of hydrogen-bond donors (Lipinski definition) is 2. The first kappa shape index (κ1) is 24.8. The zero-order valence-electron chi connectivity index (χ0n) is 17.8. The number of anilines is 1. The molecule has 1 saturated heterocycles. The first-order valence-corrected chi connectivity index (χ1v) is 10.2. The van der Waals surface area contributed by atoms with Crippen molar-refractivity contribution in [3.63, 3.8) is 0 Å². The van der Waals surface area contributed by atoms with Crippen molar-refractivity contribution >= 4 is 35.6 Å². The number of unbranched alkanes of at least 4 members (excludes halogenated alkanes) is 1. The number of rotatable bonds is 9. The van der Waals surface area contributed by atoms with Gasteiger partial charge in [0.15, 0.2) is 17.5 Å². The van der Waals surface area contributed by atoms with Gasteiger partial charge in [-0.1, -0.05) is 6.92 Å². The molecule has 1 aromatic rings. The van der Waals surface area contributed by atoms with Crippen molar-refractivity contribution < 1.29 is 9.47 Å². The molecule has 1 aliphatic rings. The van der Waals surface area contributed by atoms with Gasteiger partial charge in [0.2, 0.25) is 0 Å². The van der Waals surface area contributed by atoms with Gasteiger partial charge in [-0.3, -0.25) is 4.99 Å². The molecule has 28 heavy (non-hydrogen) atoms. The van der Waals surface area contributed by atoms with Crippen molar-refractivity contribution in [1.82, 2.24) is 10.2 Å². The second kappa shape index (κ2) is 13.9. The Morgan fingerprint density at radius 3 is 2.61 bits per heavy atom. The number of guanidine groups is 1. The molecule has 1 aromatic carbocycles. The standard InChI is InChI=1S/C21H36N4O2.HI/c1-5-27-20-16-18(8-9-19(20)26-4)24-21(22-3)23-12-6-7-13-25-14-10-17(2)11-15-25;/h8-9,16-17H,5-7,10-15H2,1-4H3,(H2,22,23,24);1H. The molecule has 0 aliphatic carbocycles. The van der Waals surface area contributed by atoms with Crippen molar-refractivity contribution in [2.45, 2.75) is 39.5 Å². The van der Waals surface area contributed by atoms with Crippen molar-refractivity contribution in [3.05, 3.63) is 18.2 Å². The summed E-state index contributed by atoms with van der Waals surface area (Å²) < 4.78 is 11.0. The minimum Gasteiger partial charge on any atom is -0.493 e. The van der Waals surface area contributed by atoms with Crippen LogP contribution in [0.15, 0.2) is 23.2 Å². The number of nitrogens with one attached hydrogen (secondary N) is 2. The highest BCUT2D eigenvalue weighted by Crippen LogP contribution is 2.30. The van der Waals surface area contributed by atoms with E-state index in [1.807, 2.05) is 25.1 Å². The molecular weight excluding hydrogens is 467 g/mol. The zero-order valence-corrected chi connectivity index (χ0v) is 20.1. The third-order valence-corrected chi connectivity index (χ3v) is 5.02. The van der Waals surface area contributed by atoms with Crippen molar-refractivity contribution in [2.75, 3.05) is 52.3 Å². The predicted octanol–water partition coefficient (Wildman–Crippen LogP) is 4.21. The molecule has 0 bridgehead atoms. The Hall–Kier alpha value is -1.22. The number of ether oxygens (including phenoxy) is 2. The minimum absolute atomic E-state index is 0. The Labute approximate surface area is 187 Å². The molecule has 2 N–H and O–H groups in total. The van der Waals surface area contributed by atoms with Gasteiger partial charge in [-0.2, -0.15) is 0 Å². The predicted molar refractivity (Wildman–Crippen MR) is 129 cm³/mol. The van der Waals surface area contributed by atoms with Gasteiger partial charge < -0.3 is 25.0 Å². The van der Waals surface area contributed by atoms with E-state index in [0.29, 0.717) is 6.61 Å². The van der Waals surface area contributed by atoms with E-state index >= 15 is 0 Å². The number of hydrogen-bond acceptors (Lipinski definition) is 4. The maximum absolute atomic E-state index is 5.63. The Balaban J connectivity index is 0.00000392. The van der Waals surface area contributed by atoms with Crippen LogP contribution in [-0.4, -0.2) is 57.8 Å². The molecule has 6 nitrogen and oxygen atoms in total. The lowest BCUT2D eigenvalue weighted by Crippen LogP contribution is -2.34. The van der Waals surface area contributed by atoms with E-state index in [1.165, 1.54) is 38.9 Å². The third kappa shape index (κ3) is 8.43. The Morgan fingerprint density at radius 1 is 1.21 bits per heavy atom. The maximum atomic E-state index is 5.63.